The van der Waals surface area contributed by atoms with Gasteiger partial charge in [-0.1, -0.05) is 29.8 Å². The van der Waals surface area contributed by atoms with Crippen LogP contribution in [0.2, 0.25) is 0 Å². The Labute approximate surface area is 153 Å². The Morgan fingerprint density at radius 1 is 1.08 bits per heavy atom. The molecule has 1 atom stereocenters. The van der Waals surface area contributed by atoms with Gasteiger partial charge in [-0.3, -0.25) is 4.90 Å². The van der Waals surface area contributed by atoms with Gasteiger partial charge < -0.3 is 9.32 Å². The highest BCUT2D eigenvalue weighted by Gasteiger charge is 2.30. The molecule has 3 heterocycles. The molecule has 7 heteroatoms. The van der Waals surface area contributed by atoms with E-state index in [4.69, 9.17) is 4.42 Å². The van der Waals surface area contributed by atoms with E-state index in [-0.39, 0.29) is 6.04 Å². The fourth-order valence-electron chi connectivity index (χ4n) is 3.42. The van der Waals surface area contributed by atoms with Crippen LogP contribution in [0.4, 0.5) is 0 Å². The molecule has 0 radical (unpaired) electrons. The van der Waals surface area contributed by atoms with Crippen molar-refractivity contribution in [3.63, 3.8) is 0 Å². The number of benzene rings is 1. The number of tetrazole rings is 1. The Bertz CT molecular complexity index is 818. The lowest BCUT2D eigenvalue weighted by Gasteiger charge is -2.37. The number of hydrogen-bond donors (Lipinski definition) is 0. The second-order valence-corrected chi connectivity index (χ2v) is 6.93. The molecule has 0 amide bonds. The van der Waals surface area contributed by atoms with Crippen LogP contribution in [0.15, 0.2) is 47.1 Å². The van der Waals surface area contributed by atoms with Crippen LogP contribution in [-0.2, 0) is 6.54 Å². The predicted molar refractivity (Wildman–Crippen MR) is 97.7 cm³/mol. The smallest absolute Gasteiger partial charge is 0.173 e. The van der Waals surface area contributed by atoms with Gasteiger partial charge in [0, 0.05) is 26.2 Å². The highest BCUT2D eigenvalue weighted by molar-refractivity contribution is 5.28. The molecule has 0 aliphatic carbocycles. The molecular formula is C19H24N6O. The zero-order valence-corrected chi connectivity index (χ0v) is 15.2. The SMILES string of the molecule is Cc1ccc([C@H](c2nnnn2Cc2ccco2)N2CCN(C)CC2)cc1. The molecule has 0 saturated carbocycles. The van der Waals surface area contributed by atoms with Crippen molar-refractivity contribution in [1.29, 1.82) is 0 Å². The molecule has 136 valence electrons. The van der Waals surface area contributed by atoms with E-state index in [9.17, 15) is 0 Å². The molecule has 7 nitrogen and oxygen atoms in total. The Hall–Kier alpha value is -2.51. The van der Waals surface area contributed by atoms with E-state index in [0.717, 1.165) is 37.8 Å². The van der Waals surface area contributed by atoms with Crippen molar-refractivity contribution in [2.24, 2.45) is 0 Å². The third-order valence-corrected chi connectivity index (χ3v) is 4.99. The number of hydrogen-bond acceptors (Lipinski definition) is 6. The van der Waals surface area contributed by atoms with Gasteiger partial charge in [-0.2, -0.15) is 0 Å². The Balaban J connectivity index is 1.69. The summed E-state index contributed by atoms with van der Waals surface area (Å²) >= 11 is 0. The second kappa shape index (κ2) is 7.39. The normalized spacial score (nSPS) is 17.5. The van der Waals surface area contributed by atoms with E-state index in [1.165, 1.54) is 11.1 Å². The minimum atomic E-state index is 0.0364. The molecule has 2 aromatic heterocycles. The average Bonchev–Trinajstić information content (AvgIpc) is 3.32. The minimum Gasteiger partial charge on any atom is -0.467 e. The lowest BCUT2D eigenvalue weighted by Crippen LogP contribution is -2.46. The number of furan rings is 1. The summed E-state index contributed by atoms with van der Waals surface area (Å²) < 4.78 is 7.33. The van der Waals surface area contributed by atoms with Gasteiger partial charge in [-0.25, -0.2) is 4.68 Å². The maximum absolute atomic E-state index is 5.49. The molecule has 1 aliphatic rings. The van der Waals surface area contributed by atoms with Gasteiger partial charge in [0.2, 0.25) is 0 Å². The molecule has 1 aromatic carbocycles. The third kappa shape index (κ3) is 3.54. The maximum Gasteiger partial charge on any atom is 0.173 e. The summed E-state index contributed by atoms with van der Waals surface area (Å²) in [6.07, 6.45) is 1.68. The molecule has 0 bridgehead atoms. The van der Waals surface area contributed by atoms with Crippen LogP contribution in [-0.4, -0.2) is 63.2 Å². The summed E-state index contributed by atoms with van der Waals surface area (Å²) in [6, 6.07) is 12.5. The van der Waals surface area contributed by atoms with Gasteiger partial charge in [0.1, 0.15) is 12.3 Å². The largest absolute Gasteiger partial charge is 0.467 e. The second-order valence-electron chi connectivity index (χ2n) is 6.93. The molecule has 1 fully saturated rings. The quantitative estimate of drug-likeness (QED) is 0.699. The Kier molecular flexibility index (Phi) is 4.81. The van der Waals surface area contributed by atoms with Crippen molar-refractivity contribution in [2.75, 3.05) is 33.2 Å². The first-order valence-electron chi connectivity index (χ1n) is 8.98. The first-order valence-corrected chi connectivity index (χ1v) is 8.98. The molecule has 1 aliphatic heterocycles. The van der Waals surface area contributed by atoms with Crippen LogP contribution in [0.25, 0.3) is 0 Å². The fraction of sp³-hybridized carbons (Fsp3) is 0.421. The van der Waals surface area contributed by atoms with E-state index >= 15 is 0 Å². The Morgan fingerprint density at radius 2 is 1.85 bits per heavy atom. The van der Waals surface area contributed by atoms with Gasteiger partial charge in [0.25, 0.3) is 0 Å². The van der Waals surface area contributed by atoms with Gasteiger partial charge in [-0.05, 0) is 42.1 Å². The van der Waals surface area contributed by atoms with Crippen molar-refractivity contribution < 1.29 is 4.42 Å². The number of piperazine rings is 1. The monoisotopic (exact) mass is 352 g/mol. The van der Waals surface area contributed by atoms with E-state index in [1.54, 1.807) is 6.26 Å². The topological polar surface area (TPSA) is 63.2 Å². The first-order chi connectivity index (χ1) is 12.7. The average molecular weight is 352 g/mol. The van der Waals surface area contributed by atoms with Gasteiger partial charge in [-0.15, -0.1) is 5.10 Å². The molecule has 0 spiro atoms. The minimum absolute atomic E-state index is 0.0364. The van der Waals surface area contributed by atoms with Crippen LogP contribution in [0.5, 0.6) is 0 Å². The number of aromatic nitrogens is 4. The third-order valence-electron chi connectivity index (χ3n) is 4.99. The molecule has 1 saturated heterocycles. The first kappa shape index (κ1) is 16.9. The van der Waals surface area contributed by atoms with E-state index in [0.29, 0.717) is 6.54 Å². The van der Waals surface area contributed by atoms with Crippen LogP contribution in [0.1, 0.15) is 28.8 Å². The summed E-state index contributed by atoms with van der Waals surface area (Å²) in [6.45, 7) is 6.70. The van der Waals surface area contributed by atoms with Crippen molar-refractivity contribution in [3.8, 4) is 0 Å². The molecule has 3 aromatic rings. The van der Waals surface area contributed by atoms with Crippen LogP contribution >= 0.6 is 0 Å². The van der Waals surface area contributed by atoms with E-state index in [2.05, 4.69) is 63.6 Å². The van der Waals surface area contributed by atoms with Crippen molar-refractivity contribution >= 4 is 0 Å². The van der Waals surface area contributed by atoms with Gasteiger partial charge in [0.15, 0.2) is 5.82 Å². The van der Waals surface area contributed by atoms with Gasteiger partial charge in [0.05, 0.1) is 12.3 Å². The molecule has 26 heavy (non-hydrogen) atoms. The summed E-state index contributed by atoms with van der Waals surface area (Å²) in [5.41, 5.74) is 2.47. The van der Waals surface area contributed by atoms with Crippen molar-refractivity contribution in [1.82, 2.24) is 30.0 Å². The van der Waals surface area contributed by atoms with Crippen molar-refractivity contribution in [2.45, 2.75) is 19.5 Å². The number of likely N-dealkylation sites (N-methyl/N-ethyl adjacent to an activating group) is 1. The number of rotatable bonds is 5. The zero-order chi connectivity index (χ0) is 17.9. The highest BCUT2D eigenvalue weighted by atomic mass is 16.3. The van der Waals surface area contributed by atoms with Crippen molar-refractivity contribution in [3.05, 3.63) is 65.4 Å². The summed E-state index contributed by atoms with van der Waals surface area (Å²) in [5.74, 6) is 1.70. The summed E-state index contributed by atoms with van der Waals surface area (Å²) in [4.78, 5) is 4.82. The predicted octanol–water partition coefficient (Wildman–Crippen LogP) is 1.96. The standard InChI is InChI=1S/C19H24N6O/c1-15-5-7-16(8-6-15)18(24-11-9-23(2)10-12-24)19-20-21-22-25(19)14-17-4-3-13-26-17/h3-8,13,18H,9-12,14H2,1-2H3/t18-/m1/s1. The van der Waals surface area contributed by atoms with Crippen LogP contribution in [0.3, 0.4) is 0 Å². The van der Waals surface area contributed by atoms with Crippen LogP contribution in [0, 0.1) is 6.92 Å². The zero-order valence-electron chi connectivity index (χ0n) is 15.2. The molecule has 0 N–H and O–H groups in total. The maximum atomic E-state index is 5.49. The highest BCUT2D eigenvalue weighted by Crippen LogP contribution is 2.28. The number of aryl methyl sites for hydroxylation is 1. The molecule has 0 unspecified atom stereocenters. The van der Waals surface area contributed by atoms with Gasteiger partial charge >= 0.3 is 0 Å². The summed E-state index contributed by atoms with van der Waals surface area (Å²) in [5, 5.41) is 12.6. The Morgan fingerprint density at radius 3 is 2.54 bits per heavy atom. The number of nitrogens with zero attached hydrogens (tertiary/aromatic N) is 6. The van der Waals surface area contributed by atoms with E-state index < -0.39 is 0 Å². The molecule has 4 rings (SSSR count). The molecular weight excluding hydrogens is 328 g/mol. The lowest BCUT2D eigenvalue weighted by molar-refractivity contribution is 0.121. The lowest BCUT2D eigenvalue weighted by atomic mass is 10.0. The van der Waals surface area contributed by atoms with E-state index in [1.807, 2.05) is 16.8 Å². The van der Waals surface area contributed by atoms with Crippen LogP contribution < -0.4 is 0 Å². The fourth-order valence-corrected chi connectivity index (χ4v) is 3.42. The summed E-state index contributed by atoms with van der Waals surface area (Å²) in [7, 11) is 2.17.